The fraction of sp³-hybridized carbons (Fsp3) is 0.222. The second-order valence-electron chi connectivity index (χ2n) is 11.6. The van der Waals surface area contributed by atoms with Crippen molar-refractivity contribution in [1.82, 2.24) is 0 Å². The van der Waals surface area contributed by atoms with E-state index in [4.69, 9.17) is 9.47 Å². The maximum absolute atomic E-state index is 13.5. The van der Waals surface area contributed by atoms with E-state index in [1.807, 2.05) is 35.2 Å². The lowest BCUT2D eigenvalue weighted by molar-refractivity contribution is -0.130. The number of anilines is 2. The van der Waals surface area contributed by atoms with Crippen LogP contribution < -0.4 is 14.4 Å². The number of esters is 2. The average Bonchev–Trinajstić information content (AvgIpc) is 3.19. The second kappa shape index (κ2) is 11.3. The molecule has 0 spiro atoms. The van der Waals surface area contributed by atoms with Gasteiger partial charge in [0.05, 0.1) is 11.6 Å². The van der Waals surface area contributed by atoms with Gasteiger partial charge in [0.1, 0.15) is 11.5 Å². The molecule has 0 aliphatic heterocycles. The molecule has 0 N–H and O–H groups in total. The van der Waals surface area contributed by atoms with Crippen molar-refractivity contribution in [3.63, 3.8) is 0 Å². The highest BCUT2D eigenvalue weighted by molar-refractivity contribution is 5.90. The van der Waals surface area contributed by atoms with Crippen LogP contribution in [0.3, 0.4) is 0 Å². The fourth-order valence-corrected chi connectivity index (χ4v) is 5.59. The summed E-state index contributed by atoms with van der Waals surface area (Å²) < 4.78 is 51.6. The zero-order chi connectivity index (χ0) is 32.0. The summed E-state index contributed by atoms with van der Waals surface area (Å²) in [4.78, 5) is 26.8. The SMILES string of the molecule is C=C(C)C(=O)Oc1cc(OC(=O)C(=C)C)cc(N(c2ccc3c(c2)C(C)(C)c2ccccc2-3)C2C=CC(C(F)(F)F)=CC2)c1. The smallest absolute Gasteiger partial charge is 0.416 e. The number of rotatable bonds is 7. The van der Waals surface area contributed by atoms with Crippen LogP contribution in [0.5, 0.6) is 11.5 Å². The van der Waals surface area contributed by atoms with Gasteiger partial charge in [-0.3, -0.25) is 0 Å². The summed E-state index contributed by atoms with van der Waals surface area (Å²) in [5, 5.41) is 0. The molecule has 0 radical (unpaired) electrons. The number of alkyl halides is 3. The van der Waals surface area contributed by atoms with Crippen molar-refractivity contribution in [2.24, 2.45) is 0 Å². The Morgan fingerprint density at radius 2 is 1.43 bits per heavy atom. The third-order valence-corrected chi connectivity index (χ3v) is 7.84. The molecule has 5 rings (SSSR count). The number of allylic oxidation sites excluding steroid dienone is 2. The normalized spacial score (nSPS) is 16.3. The molecular formula is C36H32F3NO4. The van der Waals surface area contributed by atoms with Crippen LogP contribution in [0.1, 0.15) is 45.2 Å². The van der Waals surface area contributed by atoms with Crippen molar-refractivity contribution >= 4 is 23.3 Å². The van der Waals surface area contributed by atoms with E-state index in [9.17, 15) is 22.8 Å². The number of hydrogen-bond donors (Lipinski definition) is 0. The first-order chi connectivity index (χ1) is 20.7. The number of fused-ring (bicyclic) bond motifs is 3. The summed E-state index contributed by atoms with van der Waals surface area (Å²) in [6.07, 6.45) is -0.694. The van der Waals surface area contributed by atoms with Gasteiger partial charge >= 0.3 is 18.1 Å². The molecule has 2 aliphatic carbocycles. The maximum atomic E-state index is 13.5. The first-order valence-corrected chi connectivity index (χ1v) is 14.1. The topological polar surface area (TPSA) is 55.8 Å². The Hall–Kier alpha value is -4.85. The zero-order valence-electron chi connectivity index (χ0n) is 24.9. The highest BCUT2D eigenvalue weighted by Crippen LogP contribution is 2.50. The summed E-state index contributed by atoms with van der Waals surface area (Å²) in [6, 6.07) is 18.2. The van der Waals surface area contributed by atoms with Gasteiger partial charge in [-0.2, -0.15) is 13.2 Å². The molecule has 0 amide bonds. The lowest BCUT2D eigenvalue weighted by atomic mass is 9.82. The van der Waals surface area contributed by atoms with E-state index in [1.165, 1.54) is 31.6 Å². The Morgan fingerprint density at radius 3 is 1.98 bits per heavy atom. The number of benzene rings is 3. The van der Waals surface area contributed by atoms with Gasteiger partial charge in [-0.25, -0.2) is 9.59 Å². The fourth-order valence-electron chi connectivity index (χ4n) is 5.59. The molecule has 0 heterocycles. The van der Waals surface area contributed by atoms with Gasteiger partial charge in [0.15, 0.2) is 0 Å². The quantitative estimate of drug-likeness (QED) is 0.154. The first-order valence-electron chi connectivity index (χ1n) is 14.1. The Balaban J connectivity index is 1.67. The number of carbonyl (C=O) groups is 2. The number of nitrogens with zero attached hydrogens (tertiary/aromatic N) is 1. The van der Waals surface area contributed by atoms with E-state index >= 15 is 0 Å². The molecule has 0 aromatic heterocycles. The van der Waals surface area contributed by atoms with E-state index in [0.717, 1.165) is 28.8 Å². The molecule has 0 saturated heterocycles. The summed E-state index contributed by atoms with van der Waals surface area (Å²) in [7, 11) is 0. The van der Waals surface area contributed by atoms with Crippen LogP contribution in [0.15, 0.2) is 109 Å². The number of carbonyl (C=O) groups excluding carboxylic acids is 2. The predicted molar refractivity (Wildman–Crippen MR) is 165 cm³/mol. The van der Waals surface area contributed by atoms with Gasteiger partial charge in [0, 0.05) is 46.1 Å². The third kappa shape index (κ3) is 5.84. The largest absolute Gasteiger partial charge is 0.423 e. The van der Waals surface area contributed by atoms with Crippen molar-refractivity contribution in [1.29, 1.82) is 0 Å². The average molecular weight is 600 g/mol. The highest BCUT2D eigenvalue weighted by Gasteiger charge is 2.37. The van der Waals surface area contributed by atoms with Crippen LogP contribution in [0.2, 0.25) is 0 Å². The minimum Gasteiger partial charge on any atom is -0.423 e. The molecule has 3 aromatic rings. The Morgan fingerprint density at radius 1 is 0.841 bits per heavy atom. The molecular weight excluding hydrogens is 567 g/mol. The van der Waals surface area contributed by atoms with E-state index < -0.39 is 29.7 Å². The van der Waals surface area contributed by atoms with Crippen LogP contribution in [0.4, 0.5) is 24.5 Å². The van der Waals surface area contributed by atoms with Crippen LogP contribution in [-0.4, -0.2) is 24.2 Å². The van der Waals surface area contributed by atoms with Crippen molar-refractivity contribution in [2.75, 3.05) is 4.90 Å². The van der Waals surface area contributed by atoms with Gasteiger partial charge in [-0.05, 0) is 54.7 Å². The molecule has 0 bridgehead atoms. The zero-order valence-corrected chi connectivity index (χ0v) is 24.9. The van der Waals surface area contributed by atoms with E-state index in [0.29, 0.717) is 11.4 Å². The van der Waals surface area contributed by atoms with Gasteiger partial charge in [-0.15, -0.1) is 0 Å². The molecule has 0 fully saturated rings. The predicted octanol–water partition coefficient (Wildman–Crippen LogP) is 8.91. The van der Waals surface area contributed by atoms with E-state index in [2.05, 4.69) is 39.1 Å². The first kappa shape index (κ1) is 30.6. The molecule has 8 heteroatoms. The van der Waals surface area contributed by atoms with Crippen LogP contribution in [0, 0.1) is 0 Å². The Bertz CT molecular complexity index is 1720. The molecule has 1 unspecified atom stereocenters. The van der Waals surface area contributed by atoms with Crippen molar-refractivity contribution in [3.05, 3.63) is 120 Å². The lowest BCUT2D eigenvalue weighted by Crippen LogP contribution is -2.31. The van der Waals surface area contributed by atoms with E-state index in [-0.39, 0.29) is 34.5 Å². The van der Waals surface area contributed by atoms with E-state index in [1.54, 1.807) is 12.1 Å². The van der Waals surface area contributed by atoms with Crippen LogP contribution >= 0.6 is 0 Å². The monoisotopic (exact) mass is 599 g/mol. The lowest BCUT2D eigenvalue weighted by Gasteiger charge is -2.34. The van der Waals surface area contributed by atoms with Crippen molar-refractivity contribution in [3.8, 4) is 22.6 Å². The van der Waals surface area contributed by atoms with Crippen LogP contribution in [-0.2, 0) is 15.0 Å². The molecule has 5 nitrogen and oxygen atoms in total. The Labute approximate surface area is 254 Å². The summed E-state index contributed by atoms with van der Waals surface area (Å²) in [5.74, 6) is -1.22. The van der Waals surface area contributed by atoms with Crippen LogP contribution in [0.25, 0.3) is 11.1 Å². The van der Waals surface area contributed by atoms with Gasteiger partial charge in [0.2, 0.25) is 0 Å². The minimum absolute atomic E-state index is 0.0444. The second-order valence-corrected chi connectivity index (χ2v) is 11.6. The summed E-state index contributed by atoms with van der Waals surface area (Å²) in [6.45, 7) is 14.5. The van der Waals surface area contributed by atoms with Gasteiger partial charge < -0.3 is 14.4 Å². The molecule has 2 aliphatic rings. The third-order valence-electron chi connectivity index (χ3n) is 7.84. The number of halogens is 3. The molecule has 226 valence electrons. The number of ether oxygens (including phenoxy) is 2. The standard InChI is InChI=1S/C36H32F3NO4/c1-21(2)33(41)43-27-17-26(18-28(20-27)44-34(42)22(3)4)40(24-13-11-23(12-14-24)36(37,38)39)25-15-16-30-29-9-7-8-10-31(29)35(5,6)32(30)19-25/h7-13,15-20,24H,1,3,14H2,2,4-6H3. The Kier molecular flexibility index (Phi) is 7.88. The van der Waals surface area contributed by atoms with Crippen molar-refractivity contribution in [2.45, 2.75) is 51.7 Å². The van der Waals surface area contributed by atoms with Crippen molar-refractivity contribution < 1.29 is 32.2 Å². The summed E-state index contributed by atoms with van der Waals surface area (Å²) >= 11 is 0. The molecule has 3 aromatic carbocycles. The number of hydrogen-bond acceptors (Lipinski definition) is 5. The maximum Gasteiger partial charge on any atom is 0.416 e. The van der Waals surface area contributed by atoms with Gasteiger partial charge in [-0.1, -0.05) is 75.6 Å². The molecule has 0 saturated carbocycles. The minimum atomic E-state index is -4.48. The van der Waals surface area contributed by atoms with Gasteiger partial charge in [0.25, 0.3) is 0 Å². The summed E-state index contributed by atoms with van der Waals surface area (Å²) in [5.41, 5.74) is 4.85. The molecule has 44 heavy (non-hydrogen) atoms. The molecule has 1 atom stereocenters. The highest BCUT2D eigenvalue weighted by atomic mass is 19.4.